The molecule has 102 valence electrons. The number of aryl methyl sites for hydroxylation is 1. The molecule has 1 aromatic heterocycles. The largest absolute Gasteiger partial charge is 0.469 e. The SMILES string of the molecule is CC(C)(C)c1ccc(C(N)CCc2ccco2)cc1. The fourth-order valence-corrected chi connectivity index (χ4v) is 2.15. The first-order valence-corrected chi connectivity index (χ1v) is 6.85. The average molecular weight is 257 g/mol. The quantitative estimate of drug-likeness (QED) is 0.891. The highest BCUT2D eigenvalue weighted by molar-refractivity contribution is 5.29. The van der Waals surface area contributed by atoms with Crippen molar-refractivity contribution in [3.8, 4) is 0 Å². The normalized spacial score (nSPS) is 13.5. The first-order valence-electron chi connectivity index (χ1n) is 6.85. The summed E-state index contributed by atoms with van der Waals surface area (Å²) in [4.78, 5) is 0. The van der Waals surface area contributed by atoms with Crippen LogP contribution in [0.2, 0.25) is 0 Å². The van der Waals surface area contributed by atoms with Crippen LogP contribution in [-0.4, -0.2) is 0 Å². The lowest BCUT2D eigenvalue weighted by atomic mass is 9.86. The van der Waals surface area contributed by atoms with Crippen LogP contribution in [0, 0.1) is 0 Å². The predicted molar refractivity (Wildman–Crippen MR) is 79.1 cm³/mol. The van der Waals surface area contributed by atoms with Crippen LogP contribution in [0.25, 0.3) is 0 Å². The highest BCUT2D eigenvalue weighted by Gasteiger charge is 2.14. The monoisotopic (exact) mass is 257 g/mol. The number of nitrogens with two attached hydrogens (primary N) is 1. The molecule has 0 aliphatic carbocycles. The Bertz CT molecular complexity index is 491. The maximum Gasteiger partial charge on any atom is 0.103 e. The molecule has 0 fully saturated rings. The molecule has 1 aromatic carbocycles. The molecular weight excluding hydrogens is 234 g/mol. The summed E-state index contributed by atoms with van der Waals surface area (Å²) in [5.41, 5.74) is 8.96. The Hall–Kier alpha value is -1.54. The lowest BCUT2D eigenvalue weighted by Gasteiger charge is -2.20. The summed E-state index contributed by atoms with van der Waals surface area (Å²) in [6.45, 7) is 6.66. The van der Waals surface area contributed by atoms with Crippen LogP contribution in [0.5, 0.6) is 0 Å². The maximum atomic E-state index is 6.23. The lowest BCUT2D eigenvalue weighted by molar-refractivity contribution is 0.488. The molecule has 0 aliphatic rings. The van der Waals surface area contributed by atoms with Crippen molar-refractivity contribution in [2.24, 2.45) is 5.73 Å². The van der Waals surface area contributed by atoms with Gasteiger partial charge in [-0.1, -0.05) is 45.0 Å². The Kier molecular flexibility index (Phi) is 4.11. The third-order valence-corrected chi connectivity index (χ3v) is 3.49. The van der Waals surface area contributed by atoms with Gasteiger partial charge in [0, 0.05) is 12.5 Å². The smallest absolute Gasteiger partial charge is 0.103 e. The van der Waals surface area contributed by atoms with E-state index in [9.17, 15) is 0 Å². The molecule has 1 atom stereocenters. The molecule has 2 N–H and O–H groups in total. The van der Waals surface area contributed by atoms with E-state index in [1.807, 2.05) is 12.1 Å². The van der Waals surface area contributed by atoms with Crippen LogP contribution in [0.15, 0.2) is 47.1 Å². The van der Waals surface area contributed by atoms with E-state index in [1.54, 1.807) is 6.26 Å². The van der Waals surface area contributed by atoms with Crippen LogP contribution in [0.1, 0.15) is 50.1 Å². The molecule has 0 saturated heterocycles. The third-order valence-electron chi connectivity index (χ3n) is 3.49. The summed E-state index contributed by atoms with van der Waals surface area (Å²) >= 11 is 0. The number of furan rings is 1. The van der Waals surface area contributed by atoms with Crippen molar-refractivity contribution in [1.82, 2.24) is 0 Å². The second-order valence-electron chi connectivity index (χ2n) is 6.10. The van der Waals surface area contributed by atoms with E-state index in [4.69, 9.17) is 10.2 Å². The number of rotatable bonds is 4. The fraction of sp³-hybridized carbons (Fsp3) is 0.412. The van der Waals surface area contributed by atoms with Crippen molar-refractivity contribution >= 4 is 0 Å². The van der Waals surface area contributed by atoms with Crippen molar-refractivity contribution in [2.45, 2.75) is 45.1 Å². The second kappa shape index (κ2) is 5.62. The zero-order valence-corrected chi connectivity index (χ0v) is 12.0. The zero-order valence-electron chi connectivity index (χ0n) is 12.0. The molecule has 0 aliphatic heterocycles. The van der Waals surface area contributed by atoms with Crippen LogP contribution >= 0.6 is 0 Å². The second-order valence-corrected chi connectivity index (χ2v) is 6.10. The van der Waals surface area contributed by atoms with E-state index < -0.39 is 0 Å². The summed E-state index contributed by atoms with van der Waals surface area (Å²) in [7, 11) is 0. The molecule has 2 aromatic rings. The topological polar surface area (TPSA) is 39.2 Å². The standard InChI is InChI=1S/C17H23NO/c1-17(2,3)14-8-6-13(7-9-14)16(18)11-10-15-5-4-12-19-15/h4-9,12,16H,10-11,18H2,1-3H3. The summed E-state index contributed by atoms with van der Waals surface area (Å²) in [5, 5.41) is 0. The third kappa shape index (κ3) is 3.71. The van der Waals surface area contributed by atoms with E-state index in [0.717, 1.165) is 18.6 Å². The molecule has 0 spiro atoms. The maximum absolute atomic E-state index is 6.23. The highest BCUT2D eigenvalue weighted by Crippen LogP contribution is 2.24. The summed E-state index contributed by atoms with van der Waals surface area (Å²) in [6, 6.07) is 12.6. The molecule has 1 heterocycles. The van der Waals surface area contributed by atoms with Gasteiger partial charge in [-0.3, -0.25) is 0 Å². The summed E-state index contributed by atoms with van der Waals surface area (Å²) in [6.07, 6.45) is 3.50. The minimum atomic E-state index is 0.0686. The average Bonchev–Trinajstić information content (AvgIpc) is 2.88. The first-order chi connectivity index (χ1) is 8.97. The van der Waals surface area contributed by atoms with E-state index in [0.29, 0.717) is 0 Å². The minimum Gasteiger partial charge on any atom is -0.469 e. The number of hydrogen-bond donors (Lipinski definition) is 1. The van der Waals surface area contributed by atoms with E-state index in [1.165, 1.54) is 11.1 Å². The molecule has 19 heavy (non-hydrogen) atoms. The van der Waals surface area contributed by atoms with E-state index in [2.05, 4.69) is 45.0 Å². The van der Waals surface area contributed by atoms with Crippen LogP contribution in [-0.2, 0) is 11.8 Å². The highest BCUT2D eigenvalue weighted by atomic mass is 16.3. The van der Waals surface area contributed by atoms with Gasteiger partial charge in [-0.05, 0) is 35.1 Å². The Morgan fingerprint density at radius 1 is 1.11 bits per heavy atom. The molecule has 2 rings (SSSR count). The van der Waals surface area contributed by atoms with E-state index in [-0.39, 0.29) is 11.5 Å². The van der Waals surface area contributed by atoms with Crippen molar-refractivity contribution in [1.29, 1.82) is 0 Å². The Balaban J connectivity index is 1.97. The van der Waals surface area contributed by atoms with Crippen molar-refractivity contribution in [3.05, 3.63) is 59.5 Å². The molecule has 2 heteroatoms. The first kappa shape index (κ1) is 13.9. The van der Waals surface area contributed by atoms with Gasteiger partial charge in [0.2, 0.25) is 0 Å². The number of hydrogen-bond acceptors (Lipinski definition) is 2. The van der Waals surface area contributed by atoms with Crippen molar-refractivity contribution in [2.75, 3.05) is 0 Å². The molecule has 0 bridgehead atoms. The lowest BCUT2D eigenvalue weighted by Crippen LogP contribution is -2.14. The van der Waals surface area contributed by atoms with Gasteiger partial charge in [0.05, 0.1) is 6.26 Å². The summed E-state index contributed by atoms with van der Waals surface area (Å²) < 4.78 is 5.33. The van der Waals surface area contributed by atoms with Crippen LogP contribution < -0.4 is 5.73 Å². The minimum absolute atomic E-state index is 0.0686. The van der Waals surface area contributed by atoms with Crippen LogP contribution in [0.3, 0.4) is 0 Å². The Morgan fingerprint density at radius 2 is 1.79 bits per heavy atom. The predicted octanol–water partition coefficient (Wildman–Crippen LogP) is 4.21. The van der Waals surface area contributed by atoms with Crippen molar-refractivity contribution < 1.29 is 4.42 Å². The zero-order chi connectivity index (χ0) is 13.9. The Labute approximate surface area is 115 Å². The van der Waals surface area contributed by atoms with Gasteiger partial charge in [0.25, 0.3) is 0 Å². The van der Waals surface area contributed by atoms with Crippen LogP contribution in [0.4, 0.5) is 0 Å². The molecule has 2 nitrogen and oxygen atoms in total. The fourth-order valence-electron chi connectivity index (χ4n) is 2.15. The van der Waals surface area contributed by atoms with E-state index >= 15 is 0 Å². The molecule has 1 unspecified atom stereocenters. The van der Waals surface area contributed by atoms with Gasteiger partial charge >= 0.3 is 0 Å². The Morgan fingerprint density at radius 3 is 2.32 bits per heavy atom. The molecule has 0 radical (unpaired) electrons. The molecule has 0 saturated carbocycles. The van der Waals surface area contributed by atoms with Gasteiger partial charge in [-0.2, -0.15) is 0 Å². The van der Waals surface area contributed by atoms with Gasteiger partial charge < -0.3 is 10.2 Å². The van der Waals surface area contributed by atoms with Crippen molar-refractivity contribution in [3.63, 3.8) is 0 Å². The summed E-state index contributed by atoms with van der Waals surface area (Å²) in [5.74, 6) is 1.00. The van der Waals surface area contributed by atoms with Gasteiger partial charge in [-0.25, -0.2) is 0 Å². The number of benzene rings is 1. The molecular formula is C17H23NO. The van der Waals surface area contributed by atoms with Gasteiger partial charge in [0.15, 0.2) is 0 Å². The van der Waals surface area contributed by atoms with Gasteiger partial charge in [-0.15, -0.1) is 0 Å². The van der Waals surface area contributed by atoms with Gasteiger partial charge in [0.1, 0.15) is 5.76 Å². The molecule has 0 amide bonds.